The van der Waals surface area contributed by atoms with E-state index in [0.717, 1.165) is 12.1 Å². The first-order chi connectivity index (χ1) is 8.99. The van der Waals surface area contributed by atoms with Crippen LogP contribution in [0, 0.1) is 6.92 Å². The third kappa shape index (κ3) is 3.13. The fraction of sp³-hybridized carbons (Fsp3) is 0.471. The Kier molecular flexibility index (Phi) is 4.20. The molecule has 2 heteroatoms. The number of benzene rings is 1. The van der Waals surface area contributed by atoms with Crippen molar-refractivity contribution in [3.8, 4) is 0 Å². The molecule has 0 aliphatic carbocycles. The number of aryl methyl sites for hydroxylation is 1. The number of para-hydroxylation sites is 1. The van der Waals surface area contributed by atoms with Gasteiger partial charge < -0.3 is 5.32 Å². The van der Waals surface area contributed by atoms with Crippen LogP contribution in [0.1, 0.15) is 50.4 Å². The van der Waals surface area contributed by atoms with Gasteiger partial charge in [-0.3, -0.25) is 4.98 Å². The molecule has 0 fully saturated rings. The molecule has 0 bridgehead atoms. The third-order valence-electron chi connectivity index (χ3n) is 3.44. The molecule has 2 aromatic rings. The van der Waals surface area contributed by atoms with Crippen molar-refractivity contribution in [2.45, 2.75) is 53.1 Å². The average Bonchev–Trinajstić information content (AvgIpc) is 2.36. The van der Waals surface area contributed by atoms with Crippen molar-refractivity contribution >= 4 is 10.9 Å². The monoisotopic (exact) mass is 256 g/mol. The van der Waals surface area contributed by atoms with Crippen molar-refractivity contribution in [3.05, 3.63) is 41.1 Å². The summed E-state index contributed by atoms with van der Waals surface area (Å²) in [5.41, 5.74) is 4.94. The number of pyridine rings is 1. The highest BCUT2D eigenvalue weighted by molar-refractivity contribution is 5.85. The smallest absolute Gasteiger partial charge is 0.0737 e. The molecule has 19 heavy (non-hydrogen) atoms. The maximum absolute atomic E-state index is 4.83. The fourth-order valence-electron chi connectivity index (χ4n) is 2.24. The zero-order chi connectivity index (χ0) is 14.0. The molecule has 2 rings (SSSR count). The predicted octanol–water partition coefficient (Wildman–Crippen LogP) is 4.16. The first-order valence-corrected chi connectivity index (χ1v) is 7.11. The number of aromatic nitrogens is 1. The van der Waals surface area contributed by atoms with Crippen molar-refractivity contribution in [1.29, 1.82) is 0 Å². The molecule has 0 radical (unpaired) electrons. The van der Waals surface area contributed by atoms with Gasteiger partial charge in [0.05, 0.1) is 5.52 Å². The largest absolute Gasteiger partial charge is 0.310 e. The van der Waals surface area contributed by atoms with E-state index in [1.165, 1.54) is 22.2 Å². The van der Waals surface area contributed by atoms with Gasteiger partial charge in [-0.1, -0.05) is 45.9 Å². The Balaban J connectivity index is 2.55. The van der Waals surface area contributed by atoms with Gasteiger partial charge in [-0.15, -0.1) is 0 Å². The van der Waals surface area contributed by atoms with Gasteiger partial charge in [0.25, 0.3) is 0 Å². The highest BCUT2D eigenvalue weighted by Gasteiger charge is 2.10. The summed E-state index contributed by atoms with van der Waals surface area (Å²) < 4.78 is 0. The maximum atomic E-state index is 4.83. The molecular formula is C17H24N2. The highest BCUT2D eigenvalue weighted by atomic mass is 14.9. The number of nitrogens with zero attached hydrogens (tertiary/aromatic N) is 1. The number of fused-ring (bicyclic) bond motifs is 1. The van der Waals surface area contributed by atoms with E-state index < -0.39 is 0 Å². The van der Waals surface area contributed by atoms with E-state index in [9.17, 15) is 0 Å². The summed E-state index contributed by atoms with van der Waals surface area (Å²) in [5, 5.41) is 4.79. The molecule has 0 atom stereocenters. The molecule has 0 unspecified atom stereocenters. The van der Waals surface area contributed by atoms with Gasteiger partial charge in [0, 0.05) is 23.7 Å². The van der Waals surface area contributed by atoms with E-state index in [-0.39, 0.29) is 0 Å². The van der Waals surface area contributed by atoms with Crippen LogP contribution >= 0.6 is 0 Å². The van der Waals surface area contributed by atoms with Crippen molar-refractivity contribution < 1.29 is 0 Å². The molecule has 0 amide bonds. The van der Waals surface area contributed by atoms with Crippen LogP contribution in [0.3, 0.4) is 0 Å². The number of nitrogens with one attached hydrogen (secondary N) is 1. The minimum atomic E-state index is 0.460. The van der Waals surface area contributed by atoms with Gasteiger partial charge in [-0.05, 0) is 30.0 Å². The summed E-state index contributed by atoms with van der Waals surface area (Å²) in [7, 11) is 0. The van der Waals surface area contributed by atoms with Gasteiger partial charge in [-0.2, -0.15) is 0 Å². The maximum Gasteiger partial charge on any atom is 0.0737 e. The Morgan fingerprint density at radius 1 is 1.16 bits per heavy atom. The molecule has 0 aliphatic heterocycles. The Hall–Kier alpha value is -1.41. The second-order valence-corrected chi connectivity index (χ2v) is 5.87. The van der Waals surface area contributed by atoms with E-state index in [0.29, 0.717) is 12.0 Å². The number of hydrogen-bond donors (Lipinski definition) is 1. The lowest BCUT2D eigenvalue weighted by Gasteiger charge is -2.15. The average molecular weight is 256 g/mol. The Morgan fingerprint density at radius 3 is 2.53 bits per heavy atom. The van der Waals surface area contributed by atoms with E-state index in [1.54, 1.807) is 0 Å². The van der Waals surface area contributed by atoms with Crippen molar-refractivity contribution in [2.75, 3.05) is 0 Å². The normalized spacial score (nSPS) is 11.7. The molecule has 1 aromatic heterocycles. The van der Waals surface area contributed by atoms with Crippen LogP contribution in [0.2, 0.25) is 0 Å². The predicted molar refractivity (Wildman–Crippen MR) is 82.5 cm³/mol. The van der Waals surface area contributed by atoms with E-state index in [4.69, 9.17) is 4.98 Å². The number of rotatable bonds is 4. The number of hydrogen-bond acceptors (Lipinski definition) is 2. The van der Waals surface area contributed by atoms with Gasteiger partial charge in [0.2, 0.25) is 0 Å². The van der Waals surface area contributed by atoms with E-state index in [2.05, 4.69) is 64.2 Å². The quantitative estimate of drug-likeness (QED) is 0.888. The minimum Gasteiger partial charge on any atom is -0.310 e. The molecule has 0 saturated heterocycles. The summed E-state index contributed by atoms with van der Waals surface area (Å²) in [6, 6.07) is 9.18. The standard InChI is InChI=1S/C17H24N2/c1-11(2)16-9-14(10-18-12(3)4)15-8-6-7-13(5)17(15)19-16/h6-9,11-12,18H,10H2,1-5H3. The Bertz CT molecular complexity index is 571. The zero-order valence-electron chi connectivity index (χ0n) is 12.6. The topological polar surface area (TPSA) is 24.9 Å². The molecule has 1 N–H and O–H groups in total. The summed E-state index contributed by atoms with van der Waals surface area (Å²) in [4.78, 5) is 4.83. The minimum absolute atomic E-state index is 0.460. The lowest BCUT2D eigenvalue weighted by atomic mass is 10.0. The van der Waals surface area contributed by atoms with E-state index in [1.807, 2.05) is 0 Å². The Labute approximate surface area is 116 Å². The highest BCUT2D eigenvalue weighted by Crippen LogP contribution is 2.24. The van der Waals surface area contributed by atoms with Crippen molar-refractivity contribution in [2.24, 2.45) is 0 Å². The first kappa shape index (κ1) is 14.0. The molecule has 2 nitrogen and oxygen atoms in total. The van der Waals surface area contributed by atoms with Crippen LogP contribution in [-0.2, 0) is 6.54 Å². The summed E-state index contributed by atoms with van der Waals surface area (Å²) in [5.74, 6) is 0.460. The van der Waals surface area contributed by atoms with Gasteiger partial charge in [-0.25, -0.2) is 0 Å². The van der Waals surface area contributed by atoms with Crippen LogP contribution in [0.25, 0.3) is 10.9 Å². The van der Waals surface area contributed by atoms with Gasteiger partial charge in [0.15, 0.2) is 0 Å². The van der Waals surface area contributed by atoms with Crippen molar-refractivity contribution in [1.82, 2.24) is 10.3 Å². The third-order valence-corrected chi connectivity index (χ3v) is 3.44. The molecule has 102 valence electrons. The van der Waals surface area contributed by atoms with E-state index >= 15 is 0 Å². The van der Waals surface area contributed by atoms with Crippen LogP contribution < -0.4 is 5.32 Å². The SMILES string of the molecule is Cc1cccc2c(CNC(C)C)cc(C(C)C)nc12. The second-order valence-electron chi connectivity index (χ2n) is 5.87. The van der Waals surface area contributed by atoms with Crippen LogP contribution in [0.4, 0.5) is 0 Å². The summed E-state index contributed by atoms with van der Waals surface area (Å²) >= 11 is 0. The molecule has 0 aliphatic rings. The zero-order valence-corrected chi connectivity index (χ0v) is 12.6. The molecule has 1 heterocycles. The van der Waals surface area contributed by atoms with Crippen LogP contribution in [0.5, 0.6) is 0 Å². The molecule has 0 saturated carbocycles. The lowest BCUT2D eigenvalue weighted by molar-refractivity contribution is 0.590. The lowest BCUT2D eigenvalue weighted by Crippen LogP contribution is -2.22. The molecule has 0 spiro atoms. The van der Waals surface area contributed by atoms with Crippen LogP contribution in [0.15, 0.2) is 24.3 Å². The van der Waals surface area contributed by atoms with Crippen molar-refractivity contribution in [3.63, 3.8) is 0 Å². The second kappa shape index (κ2) is 5.70. The fourth-order valence-corrected chi connectivity index (χ4v) is 2.24. The molecule has 1 aromatic carbocycles. The van der Waals surface area contributed by atoms with Gasteiger partial charge >= 0.3 is 0 Å². The molecular weight excluding hydrogens is 232 g/mol. The Morgan fingerprint density at radius 2 is 1.89 bits per heavy atom. The summed E-state index contributed by atoms with van der Waals surface area (Å²) in [6.07, 6.45) is 0. The summed E-state index contributed by atoms with van der Waals surface area (Å²) in [6.45, 7) is 11.8. The van der Waals surface area contributed by atoms with Gasteiger partial charge in [0.1, 0.15) is 0 Å². The first-order valence-electron chi connectivity index (χ1n) is 7.11. The van der Waals surface area contributed by atoms with Crippen LogP contribution in [-0.4, -0.2) is 11.0 Å².